The summed E-state index contributed by atoms with van der Waals surface area (Å²) in [6.07, 6.45) is 6.15. The second-order valence-corrected chi connectivity index (χ2v) is 8.76. The van der Waals surface area contributed by atoms with Crippen LogP contribution in [0, 0.1) is 0 Å². The molecule has 1 saturated heterocycles. The first-order valence-corrected chi connectivity index (χ1v) is 10.5. The average molecular weight is 366 g/mol. The zero-order valence-corrected chi connectivity index (χ0v) is 15.4. The molecule has 3 rings (SSSR count). The zero-order chi connectivity index (χ0) is 17.9. The Morgan fingerprint density at radius 2 is 1.92 bits per heavy atom. The Bertz CT molecular complexity index is 709. The van der Waals surface area contributed by atoms with E-state index in [1.54, 1.807) is 12.1 Å². The van der Waals surface area contributed by atoms with Gasteiger partial charge in [0, 0.05) is 12.1 Å². The molecule has 1 aliphatic heterocycles. The highest BCUT2D eigenvalue weighted by Gasteiger charge is 2.42. The number of sulfonamides is 1. The van der Waals surface area contributed by atoms with Crippen LogP contribution in [0.3, 0.4) is 0 Å². The molecule has 1 atom stereocenters. The predicted octanol–water partition coefficient (Wildman–Crippen LogP) is 2.21. The maximum atomic E-state index is 12.4. The number of amides is 1. The summed E-state index contributed by atoms with van der Waals surface area (Å²) in [7, 11) is -3.50. The van der Waals surface area contributed by atoms with Crippen LogP contribution in [0.15, 0.2) is 29.2 Å². The second kappa shape index (κ2) is 7.43. The van der Waals surface area contributed by atoms with E-state index in [0.29, 0.717) is 18.7 Å². The Labute approximate surface area is 149 Å². The Hall–Kier alpha value is -1.44. The first kappa shape index (κ1) is 18.4. The molecule has 6 nitrogen and oxygen atoms in total. The number of ether oxygens (including phenoxy) is 1. The van der Waals surface area contributed by atoms with Crippen LogP contribution >= 0.6 is 0 Å². The highest BCUT2D eigenvalue weighted by molar-refractivity contribution is 7.89. The molecule has 0 unspecified atom stereocenters. The summed E-state index contributed by atoms with van der Waals surface area (Å²) in [4.78, 5) is 12.6. The smallest absolute Gasteiger partial charge is 0.251 e. The van der Waals surface area contributed by atoms with Gasteiger partial charge in [-0.2, -0.15) is 0 Å². The molecule has 1 aromatic rings. The molecule has 0 radical (unpaired) electrons. The lowest BCUT2D eigenvalue weighted by Crippen LogP contribution is -2.36. The number of hydrogen-bond acceptors (Lipinski definition) is 4. The zero-order valence-electron chi connectivity index (χ0n) is 14.6. The molecule has 2 fully saturated rings. The summed E-state index contributed by atoms with van der Waals surface area (Å²) in [5, 5.41) is 3.01. The van der Waals surface area contributed by atoms with Crippen molar-refractivity contribution >= 4 is 15.9 Å². The summed E-state index contributed by atoms with van der Waals surface area (Å²) in [6, 6.07) is 6.07. The number of carbonyl (C=O) groups excluding carboxylic acids is 1. The van der Waals surface area contributed by atoms with Crippen LogP contribution in [0.25, 0.3) is 0 Å². The number of nitrogens with one attached hydrogen (secondary N) is 2. The number of rotatable bonds is 6. The van der Waals surface area contributed by atoms with Gasteiger partial charge in [0.25, 0.3) is 5.91 Å². The summed E-state index contributed by atoms with van der Waals surface area (Å²) in [6.45, 7) is 2.85. The van der Waals surface area contributed by atoms with Gasteiger partial charge in [-0.15, -0.1) is 0 Å². The molecule has 2 aliphatic rings. The van der Waals surface area contributed by atoms with E-state index in [-0.39, 0.29) is 22.4 Å². The molecular formula is C18H26N2O4S. The van der Waals surface area contributed by atoms with Crippen molar-refractivity contribution in [1.29, 1.82) is 0 Å². The summed E-state index contributed by atoms with van der Waals surface area (Å²) in [5.74, 6) is -0.186. The van der Waals surface area contributed by atoms with Gasteiger partial charge in [0.2, 0.25) is 10.0 Å². The summed E-state index contributed by atoms with van der Waals surface area (Å²) in [5.41, 5.74) is 0.433. The van der Waals surface area contributed by atoms with Crippen molar-refractivity contribution in [2.24, 2.45) is 0 Å². The summed E-state index contributed by atoms with van der Waals surface area (Å²) >= 11 is 0. The minimum Gasteiger partial charge on any atom is -0.373 e. The van der Waals surface area contributed by atoms with E-state index in [9.17, 15) is 13.2 Å². The van der Waals surface area contributed by atoms with Crippen LogP contribution in [0.2, 0.25) is 0 Å². The molecule has 1 amide bonds. The van der Waals surface area contributed by atoms with Gasteiger partial charge in [0.05, 0.1) is 23.1 Å². The SMILES string of the molecule is CCCNS(=O)(=O)c1ccc(C(=O)N[C@@H]2COC3(CCCC3)C2)cc1. The van der Waals surface area contributed by atoms with Crippen LogP contribution in [-0.4, -0.2) is 39.1 Å². The van der Waals surface area contributed by atoms with Crippen molar-refractivity contribution in [3.8, 4) is 0 Å². The van der Waals surface area contributed by atoms with E-state index in [2.05, 4.69) is 10.0 Å². The van der Waals surface area contributed by atoms with Crippen molar-refractivity contribution < 1.29 is 17.9 Å². The molecule has 25 heavy (non-hydrogen) atoms. The quantitative estimate of drug-likeness (QED) is 0.808. The van der Waals surface area contributed by atoms with Crippen molar-refractivity contribution in [2.45, 2.75) is 62.0 Å². The van der Waals surface area contributed by atoms with E-state index in [1.165, 1.54) is 25.0 Å². The maximum Gasteiger partial charge on any atom is 0.251 e. The molecule has 1 aliphatic carbocycles. The maximum absolute atomic E-state index is 12.4. The second-order valence-electron chi connectivity index (χ2n) is 7.00. The Morgan fingerprint density at radius 3 is 2.56 bits per heavy atom. The Kier molecular flexibility index (Phi) is 5.46. The lowest BCUT2D eigenvalue weighted by atomic mass is 9.96. The lowest BCUT2D eigenvalue weighted by Gasteiger charge is -2.21. The van der Waals surface area contributed by atoms with Crippen molar-refractivity contribution in [3.63, 3.8) is 0 Å². The predicted molar refractivity (Wildman–Crippen MR) is 94.9 cm³/mol. The van der Waals surface area contributed by atoms with Crippen molar-refractivity contribution in [2.75, 3.05) is 13.2 Å². The molecule has 1 aromatic carbocycles. The van der Waals surface area contributed by atoms with Gasteiger partial charge < -0.3 is 10.1 Å². The topological polar surface area (TPSA) is 84.5 Å². The summed E-state index contributed by atoms with van der Waals surface area (Å²) < 4.78 is 32.6. The number of benzene rings is 1. The Balaban J connectivity index is 1.60. The number of hydrogen-bond donors (Lipinski definition) is 2. The normalized spacial score (nSPS) is 22.4. The molecule has 2 N–H and O–H groups in total. The van der Waals surface area contributed by atoms with Crippen LogP contribution < -0.4 is 10.0 Å². The van der Waals surface area contributed by atoms with Crippen LogP contribution in [-0.2, 0) is 14.8 Å². The largest absolute Gasteiger partial charge is 0.373 e. The average Bonchev–Trinajstić information content (AvgIpc) is 3.23. The third-order valence-electron chi connectivity index (χ3n) is 5.03. The first-order chi connectivity index (χ1) is 11.9. The minimum atomic E-state index is -3.50. The van der Waals surface area contributed by atoms with Gasteiger partial charge in [-0.05, 0) is 49.9 Å². The molecule has 1 saturated carbocycles. The van der Waals surface area contributed by atoms with E-state index in [1.807, 2.05) is 6.92 Å². The van der Waals surface area contributed by atoms with E-state index < -0.39 is 10.0 Å². The third kappa shape index (κ3) is 4.22. The lowest BCUT2D eigenvalue weighted by molar-refractivity contribution is 0.00988. The molecular weight excluding hydrogens is 340 g/mol. The van der Waals surface area contributed by atoms with E-state index in [0.717, 1.165) is 25.7 Å². The molecule has 1 spiro atoms. The van der Waals surface area contributed by atoms with E-state index in [4.69, 9.17) is 4.74 Å². The van der Waals surface area contributed by atoms with Gasteiger partial charge in [-0.1, -0.05) is 19.8 Å². The molecule has 1 heterocycles. The standard InChI is InChI=1S/C18H26N2O4S/c1-2-11-19-25(22,23)16-7-5-14(6-8-16)17(21)20-15-12-18(24-13-15)9-3-4-10-18/h5-8,15,19H,2-4,9-13H2,1H3,(H,20,21)/t15-/m0/s1. The Morgan fingerprint density at radius 1 is 1.24 bits per heavy atom. The van der Waals surface area contributed by atoms with Gasteiger partial charge in [-0.25, -0.2) is 13.1 Å². The molecule has 138 valence electrons. The fourth-order valence-electron chi connectivity index (χ4n) is 3.68. The molecule has 7 heteroatoms. The van der Waals surface area contributed by atoms with Crippen LogP contribution in [0.4, 0.5) is 0 Å². The van der Waals surface area contributed by atoms with Crippen LogP contribution in [0.1, 0.15) is 55.8 Å². The minimum absolute atomic E-state index is 0.0270. The molecule has 0 bridgehead atoms. The van der Waals surface area contributed by atoms with Crippen LogP contribution in [0.5, 0.6) is 0 Å². The van der Waals surface area contributed by atoms with Crippen molar-refractivity contribution in [1.82, 2.24) is 10.0 Å². The van der Waals surface area contributed by atoms with Gasteiger partial charge in [0.1, 0.15) is 0 Å². The third-order valence-corrected chi connectivity index (χ3v) is 6.50. The first-order valence-electron chi connectivity index (χ1n) is 8.99. The number of carbonyl (C=O) groups is 1. The fourth-order valence-corrected chi connectivity index (χ4v) is 4.81. The van der Waals surface area contributed by atoms with Gasteiger partial charge >= 0.3 is 0 Å². The highest BCUT2D eigenvalue weighted by Crippen LogP contribution is 2.40. The van der Waals surface area contributed by atoms with Gasteiger partial charge in [0.15, 0.2) is 0 Å². The fraction of sp³-hybridized carbons (Fsp3) is 0.611. The van der Waals surface area contributed by atoms with E-state index >= 15 is 0 Å². The molecule has 0 aromatic heterocycles. The monoisotopic (exact) mass is 366 g/mol. The highest BCUT2D eigenvalue weighted by atomic mass is 32.2. The van der Waals surface area contributed by atoms with Gasteiger partial charge in [-0.3, -0.25) is 4.79 Å². The van der Waals surface area contributed by atoms with Crippen molar-refractivity contribution in [3.05, 3.63) is 29.8 Å².